The molecule has 0 unspecified atom stereocenters. The minimum Gasteiger partial charge on any atom is -0.347 e. The molecule has 6 nitrogen and oxygen atoms in total. The van der Waals surface area contributed by atoms with Gasteiger partial charge in [-0.05, 0) is 30.5 Å². The fourth-order valence-electron chi connectivity index (χ4n) is 3.93. The van der Waals surface area contributed by atoms with Crippen molar-refractivity contribution in [3.05, 3.63) is 35.4 Å². The summed E-state index contributed by atoms with van der Waals surface area (Å²) in [5.41, 5.74) is 0.231. The van der Waals surface area contributed by atoms with Gasteiger partial charge in [0.25, 0.3) is 0 Å². The Bertz CT molecular complexity index is 740. The molecule has 3 amide bonds. The Kier molecular flexibility index (Phi) is 5.43. The van der Waals surface area contributed by atoms with Gasteiger partial charge in [0.15, 0.2) is 0 Å². The molecule has 146 valence electrons. The van der Waals surface area contributed by atoms with Gasteiger partial charge in [-0.3, -0.25) is 14.4 Å². The minimum absolute atomic E-state index is 0.0154. The van der Waals surface area contributed by atoms with Crippen LogP contribution in [0.5, 0.6) is 0 Å². The molecule has 0 bridgehead atoms. The second-order valence-corrected chi connectivity index (χ2v) is 7.49. The standard InChI is InChI=1S/C19H23F2N3O3/c1-13(25)22-10-18(27)23-4-2-19(3-5-23)9-17(26)24(12-19)11-14-6-15(20)8-16(21)7-14/h6-8H,2-5,9-12H2,1H3,(H,22,25). The van der Waals surface area contributed by atoms with Crippen molar-refractivity contribution in [2.75, 3.05) is 26.2 Å². The Morgan fingerprint density at radius 1 is 1.15 bits per heavy atom. The van der Waals surface area contributed by atoms with Crippen molar-refractivity contribution >= 4 is 17.7 Å². The minimum atomic E-state index is -0.655. The average Bonchev–Trinajstić information content (AvgIpc) is 2.87. The van der Waals surface area contributed by atoms with Crippen molar-refractivity contribution in [2.24, 2.45) is 5.41 Å². The average molecular weight is 379 g/mol. The number of carbonyl (C=O) groups is 3. The summed E-state index contributed by atoms with van der Waals surface area (Å²) in [5, 5.41) is 2.50. The SMILES string of the molecule is CC(=O)NCC(=O)N1CCC2(CC1)CC(=O)N(Cc1cc(F)cc(F)c1)C2. The van der Waals surface area contributed by atoms with Gasteiger partial charge in [0.05, 0.1) is 6.54 Å². The van der Waals surface area contributed by atoms with E-state index in [1.807, 2.05) is 0 Å². The summed E-state index contributed by atoms with van der Waals surface area (Å²) in [6.45, 7) is 3.13. The first-order chi connectivity index (χ1) is 12.8. The summed E-state index contributed by atoms with van der Waals surface area (Å²) in [6, 6.07) is 3.29. The van der Waals surface area contributed by atoms with Crippen molar-refractivity contribution < 1.29 is 23.2 Å². The van der Waals surface area contributed by atoms with Gasteiger partial charge in [-0.2, -0.15) is 0 Å². The maximum Gasteiger partial charge on any atom is 0.241 e. The second-order valence-electron chi connectivity index (χ2n) is 7.49. The molecular weight excluding hydrogens is 356 g/mol. The Morgan fingerprint density at radius 2 is 1.78 bits per heavy atom. The van der Waals surface area contributed by atoms with Crippen LogP contribution in [0.1, 0.15) is 31.7 Å². The largest absolute Gasteiger partial charge is 0.347 e. The molecule has 0 radical (unpaired) electrons. The van der Waals surface area contributed by atoms with E-state index in [-0.39, 0.29) is 36.2 Å². The molecule has 0 aromatic heterocycles. The molecule has 3 rings (SSSR count). The summed E-state index contributed by atoms with van der Waals surface area (Å²) < 4.78 is 26.7. The van der Waals surface area contributed by atoms with E-state index in [4.69, 9.17) is 0 Å². The number of halogens is 2. The lowest BCUT2D eigenvalue weighted by Crippen LogP contribution is -2.47. The van der Waals surface area contributed by atoms with Gasteiger partial charge in [-0.1, -0.05) is 0 Å². The summed E-state index contributed by atoms with van der Waals surface area (Å²) >= 11 is 0. The highest BCUT2D eigenvalue weighted by atomic mass is 19.1. The van der Waals surface area contributed by atoms with Gasteiger partial charge in [0.2, 0.25) is 17.7 Å². The van der Waals surface area contributed by atoms with E-state index >= 15 is 0 Å². The highest BCUT2D eigenvalue weighted by Gasteiger charge is 2.45. The van der Waals surface area contributed by atoms with Crippen molar-refractivity contribution in [2.45, 2.75) is 32.7 Å². The second kappa shape index (κ2) is 7.62. The molecule has 1 spiro atoms. The predicted octanol–water partition coefficient (Wildman–Crippen LogP) is 1.44. The molecular formula is C19H23F2N3O3. The van der Waals surface area contributed by atoms with Gasteiger partial charge in [0.1, 0.15) is 11.6 Å². The first kappa shape index (κ1) is 19.3. The van der Waals surface area contributed by atoms with Crippen LogP contribution in [0.4, 0.5) is 8.78 Å². The highest BCUT2D eigenvalue weighted by molar-refractivity contribution is 5.84. The zero-order valence-corrected chi connectivity index (χ0v) is 15.3. The van der Waals surface area contributed by atoms with Crippen molar-refractivity contribution in [1.82, 2.24) is 15.1 Å². The third-order valence-electron chi connectivity index (χ3n) is 5.37. The molecule has 8 heteroatoms. The van der Waals surface area contributed by atoms with Crippen LogP contribution >= 0.6 is 0 Å². The van der Waals surface area contributed by atoms with E-state index < -0.39 is 11.6 Å². The van der Waals surface area contributed by atoms with Crippen molar-refractivity contribution in [1.29, 1.82) is 0 Å². The van der Waals surface area contributed by atoms with Gasteiger partial charge < -0.3 is 15.1 Å². The Labute approximate surface area is 156 Å². The topological polar surface area (TPSA) is 69.7 Å². The predicted molar refractivity (Wildman–Crippen MR) is 93.3 cm³/mol. The van der Waals surface area contributed by atoms with Gasteiger partial charge >= 0.3 is 0 Å². The number of benzene rings is 1. The number of amides is 3. The summed E-state index contributed by atoms with van der Waals surface area (Å²) in [7, 11) is 0. The fourth-order valence-corrected chi connectivity index (χ4v) is 3.93. The molecule has 2 aliphatic rings. The quantitative estimate of drug-likeness (QED) is 0.861. The van der Waals surface area contributed by atoms with Gasteiger partial charge in [-0.15, -0.1) is 0 Å². The molecule has 2 aliphatic heterocycles. The number of carbonyl (C=O) groups excluding carboxylic acids is 3. The fraction of sp³-hybridized carbons (Fsp3) is 0.526. The molecule has 1 aromatic rings. The third kappa shape index (κ3) is 4.61. The van der Waals surface area contributed by atoms with Crippen LogP contribution in [0.15, 0.2) is 18.2 Å². The molecule has 2 heterocycles. The molecule has 2 fully saturated rings. The molecule has 0 saturated carbocycles. The molecule has 0 aliphatic carbocycles. The van der Waals surface area contributed by atoms with E-state index in [1.54, 1.807) is 9.80 Å². The van der Waals surface area contributed by atoms with Crippen molar-refractivity contribution in [3.8, 4) is 0 Å². The van der Waals surface area contributed by atoms with E-state index in [0.29, 0.717) is 44.5 Å². The van der Waals surface area contributed by atoms with E-state index in [9.17, 15) is 23.2 Å². The van der Waals surface area contributed by atoms with Crippen LogP contribution in [-0.4, -0.2) is 53.7 Å². The zero-order chi connectivity index (χ0) is 19.6. The molecule has 2 saturated heterocycles. The lowest BCUT2D eigenvalue weighted by atomic mass is 9.77. The number of piperidine rings is 1. The Hall–Kier alpha value is -2.51. The smallest absolute Gasteiger partial charge is 0.241 e. The van der Waals surface area contributed by atoms with Crippen LogP contribution in [0.25, 0.3) is 0 Å². The first-order valence-corrected chi connectivity index (χ1v) is 9.01. The highest BCUT2D eigenvalue weighted by Crippen LogP contribution is 2.41. The summed E-state index contributed by atoms with van der Waals surface area (Å²) in [5.74, 6) is -1.72. The summed E-state index contributed by atoms with van der Waals surface area (Å²) in [4.78, 5) is 38.8. The number of nitrogens with one attached hydrogen (secondary N) is 1. The monoisotopic (exact) mass is 379 g/mol. The van der Waals surface area contributed by atoms with Gasteiger partial charge in [0, 0.05) is 51.0 Å². The maximum atomic E-state index is 13.4. The summed E-state index contributed by atoms with van der Waals surface area (Å²) in [6.07, 6.45) is 1.77. The lowest BCUT2D eigenvalue weighted by Gasteiger charge is -2.38. The number of hydrogen-bond acceptors (Lipinski definition) is 3. The van der Waals surface area contributed by atoms with Crippen LogP contribution in [0.3, 0.4) is 0 Å². The first-order valence-electron chi connectivity index (χ1n) is 9.01. The van der Waals surface area contributed by atoms with Crippen LogP contribution in [-0.2, 0) is 20.9 Å². The number of nitrogens with zero attached hydrogens (tertiary/aromatic N) is 2. The molecule has 27 heavy (non-hydrogen) atoms. The van der Waals surface area contributed by atoms with Crippen LogP contribution < -0.4 is 5.32 Å². The molecule has 1 aromatic carbocycles. The Morgan fingerprint density at radius 3 is 2.37 bits per heavy atom. The van der Waals surface area contributed by atoms with E-state index in [2.05, 4.69) is 5.32 Å². The number of hydrogen-bond donors (Lipinski definition) is 1. The van der Waals surface area contributed by atoms with Crippen molar-refractivity contribution in [3.63, 3.8) is 0 Å². The van der Waals surface area contributed by atoms with E-state index in [1.165, 1.54) is 19.1 Å². The van der Waals surface area contributed by atoms with Crippen LogP contribution in [0.2, 0.25) is 0 Å². The Balaban J connectivity index is 1.57. The third-order valence-corrected chi connectivity index (χ3v) is 5.37. The maximum absolute atomic E-state index is 13.4. The number of rotatable bonds is 4. The number of likely N-dealkylation sites (tertiary alicyclic amines) is 2. The zero-order valence-electron chi connectivity index (χ0n) is 15.3. The molecule has 1 N–H and O–H groups in total. The van der Waals surface area contributed by atoms with E-state index in [0.717, 1.165) is 6.07 Å². The molecule has 0 atom stereocenters. The lowest BCUT2D eigenvalue weighted by molar-refractivity contribution is -0.134. The normalized spacial score (nSPS) is 18.9. The van der Waals surface area contributed by atoms with Crippen LogP contribution in [0, 0.1) is 17.0 Å². The van der Waals surface area contributed by atoms with Gasteiger partial charge in [-0.25, -0.2) is 8.78 Å².